The summed E-state index contributed by atoms with van der Waals surface area (Å²) in [6.07, 6.45) is 8.40. The summed E-state index contributed by atoms with van der Waals surface area (Å²) in [5.41, 5.74) is 2.80. The SMILES string of the molecule is Cc1ccc(CCNCC2CCCCC2)cc1. The van der Waals surface area contributed by atoms with Crippen LogP contribution >= 0.6 is 0 Å². The first-order valence-electron chi connectivity index (χ1n) is 7.11. The minimum absolute atomic E-state index is 0.946. The van der Waals surface area contributed by atoms with Crippen LogP contribution in [0.4, 0.5) is 0 Å². The molecular weight excluding hydrogens is 206 g/mol. The average Bonchev–Trinajstić information content (AvgIpc) is 2.38. The molecule has 0 unspecified atom stereocenters. The molecule has 0 atom stereocenters. The first-order valence-corrected chi connectivity index (χ1v) is 7.11. The Morgan fingerprint density at radius 1 is 1.06 bits per heavy atom. The Hall–Kier alpha value is -0.820. The highest BCUT2D eigenvalue weighted by atomic mass is 14.9. The van der Waals surface area contributed by atoms with E-state index < -0.39 is 0 Å². The van der Waals surface area contributed by atoms with Crippen LogP contribution in [0.15, 0.2) is 24.3 Å². The zero-order chi connectivity index (χ0) is 11.9. The van der Waals surface area contributed by atoms with E-state index in [1.165, 1.54) is 49.8 Å². The van der Waals surface area contributed by atoms with Crippen LogP contribution in [-0.2, 0) is 6.42 Å². The fourth-order valence-electron chi connectivity index (χ4n) is 2.68. The lowest BCUT2D eigenvalue weighted by Crippen LogP contribution is -2.26. The summed E-state index contributed by atoms with van der Waals surface area (Å²) >= 11 is 0. The Morgan fingerprint density at radius 2 is 1.76 bits per heavy atom. The highest BCUT2D eigenvalue weighted by molar-refractivity contribution is 5.21. The fourth-order valence-corrected chi connectivity index (χ4v) is 2.68. The van der Waals surface area contributed by atoms with E-state index in [-0.39, 0.29) is 0 Å². The van der Waals surface area contributed by atoms with Gasteiger partial charge in [0, 0.05) is 0 Å². The van der Waals surface area contributed by atoms with Crippen LogP contribution in [0.3, 0.4) is 0 Å². The molecule has 0 aliphatic heterocycles. The van der Waals surface area contributed by atoms with E-state index in [0.717, 1.165) is 18.9 Å². The van der Waals surface area contributed by atoms with E-state index in [4.69, 9.17) is 0 Å². The first-order chi connectivity index (χ1) is 8.34. The molecule has 17 heavy (non-hydrogen) atoms. The molecule has 1 aliphatic rings. The zero-order valence-electron chi connectivity index (χ0n) is 11.0. The average molecular weight is 231 g/mol. The molecule has 2 rings (SSSR count). The maximum Gasteiger partial charge on any atom is -0.000824 e. The van der Waals surface area contributed by atoms with Crippen LogP contribution in [0.25, 0.3) is 0 Å². The van der Waals surface area contributed by atoms with Crippen LogP contribution in [0, 0.1) is 12.8 Å². The van der Waals surface area contributed by atoms with E-state index in [1.807, 2.05) is 0 Å². The molecule has 1 N–H and O–H groups in total. The van der Waals surface area contributed by atoms with Crippen molar-refractivity contribution in [2.75, 3.05) is 13.1 Å². The van der Waals surface area contributed by atoms with Gasteiger partial charge in [0.05, 0.1) is 0 Å². The molecule has 1 fully saturated rings. The van der Waals surface area contributed by atoms with Crippen LogP contribution in [-0.4, -0.2) is 13.1 Å². The second kappa shape index (κ2) is 6.80. The molecule has 0 bridgehead atoms. The van der Waals surface area contributed by atoms with Gasteiger partial charge in [-0.15, -0.1) is 0 Å². The Labute approximate surface area is 106 Å². The van der Waals surface area contributed by atoms with Gasteiger partial charge in [-0.3, -0.25) is 0 Å². The van der Waals surface area contributed by atoms with Gasteiger partial charge in [0.1, 0.15) is 0 Å². The van der Waals surface area contributed by atoms with Crippen molar-refractivity contribution in [3.8, 4) is 0 Å². The van der Waals surface area contributed by atoms with Crippen molar-refractivity contribution in [1.29, 1.82) is 0 Å². The normalized spacial score (nSPS) is 17.2. The predicted octanol–water partition coefficient (Wildman–Crippen LogP) is 3.71. The van der Waals surface area contributed by atoms with E-state index >= 15 is 0 Å². The maximum atomic E-state index is 3.62. The molecule has 0 aromatic heterocycles. The van der Waals surface area contributed by atoms with Crippen molar-refractivity contribution in [2.24, 2.45) is 5.92 Å². The Bertz CT molecular complexity index is 309. The van der Waals surface area contributed by atoms with Crippen molar-refractivity contribution >= 4 is 0 Å². The Kier molecular flexibility index (Phi) is 5.06. The molecule has 94 valence electrons. The molecule has 1 saturated carbocycles. The third kappa shape index (κ3) is 4.51. The van der Waals surface area contributed by atoms with Gasteiger partial charge in [-0.05, 0) is 50.8 Å². The van der Waals surface area contributed by atoms with Crippen molar-refractivity contribution in [3.05, 3.63) is 35.4 Å². The largest absolute Gasteiger partial charge is 0.316 e. The predicted molar refractivity (Wildman–Crippen MR) is 74.3 cm³/mol. The van der Waals surface area contributed by atoms with Crippen molar-refractivity contribution in [3.63, 3.8) is 0 Å². The quantitative estimate of drug-likeness (QED) is 0.762. The third-order valence-corrected chi connectivity index (χ3v) is 3.87. The number of hydrogen-bond donors (Lipinski definition) is 1. The smallest absolute Gasteiger partial charge is 0.000824 e. The lowest BCUT2D eigenvalue weighted by Gasteiger charge is -2.21. The Morgan fingerprint density at radius 3 is 2.47 bits per heavy atom. The van der Waals surface area contributed by atoms with Gasteiger partial charge in [-0.2, -0.15) is 0 Å². The molecule has 1 aromatic carbocycles. The van der Waals surface area contributed by atoms with Gasteiger partial charge in [0.2, 0.25) is 0 Å². The molecule has 1 nitrogen and oxygen atoms in total. The summed E-state index contributed by atoms with van der Waals surface area (Å²) < 4.78 is 0. The lowest BCUT2D eigenvalue weighted by atomic mass is 9.89. The second-order valence-electron chi connectivity index (χ2n) is 5.44. The summed E-state index contributed by atoms with van der Waals surface area (Å²) in [7, 11) is 0. The molecule has 0 radical (unpaired) electrons. The van der Waals surface area contributed by atoms with Crippen LogP contribution in [0.1, 0.15) is 43.2 Å². The number of benzene rings is 1. The van der Waals surface area contributed by atoms with Gasteiger partial charge in [0.15, 0.2) is 0 Å². The molecule has 1 aliphatic carbocycles. The van der Waals surface area contributed by atoms with Gasteiger partial charge in [0.25, 0.3) is 0 Å². The van der Waals surface area contributed by atoms with E-state index in [1.54, 1.807) is 0 Å². The summed E-state index contributed by atoms with van der Waals surface area (Å²) in [6.45, 7) is 4.50. The van der Waals surface area contributed by atoms with Crippen LogP contribution in [0.5, 0.6) is 0 Å². The summed E-state index contributed by atoms with van der Waals surface area (Å²) in [5.74, 6) is 0.946. The molecule has 0 heterocycles. The van der Waals surface area contributed by atoms with Gasteiger partial charge < -0.3 is 5.32 Å². The molecule has 1 aromatic rings. The lowest BCUT2D eigenvalue weighted by molar-refractivity contribution is 0.343. The van der Waals surface area contributed by atoms with E-state index in [9.17, 15) is 0 Å². The van der Waals surface area contributed by atoms with Gasteiger partial charge in [-0.1, -0.05) is 49.1 Å². The minimum atomic E-state index is 0.946. The second-order valence-corrected chi connectivity index (χ2v) is 5.44. The topological polar surface area (TPSA) is 12.0 Å². The number of rotatable bonds is 5. The van der Waals surface area contributed by atoms with Gasteiger partial charge in [-0.25, -0.2) is 0 Å². The first kappa shape index (κ1) is 12.6. The van der Waals surface area contributed by atoms with E-state index in [2.05, 4.69) is 36.5 Å². The summed E-state index contributed by atoms with van der Waals surface area (Å²) in [4.78, 5) is 0. The fraction of sp³-hybridized carbons (Fsp3) is 0.625. The summed E-state index contributed by atoms with van der Waals surface area (Å²) in [5, 5.41) is 3.62. The Balaban J connectivity index is 1.60. The third-order valence-electron chi connectivity index (χ3n) is 3.87. The molecule has 0 spiro atoms. The number of aryl methyl sites for hydroxylation is 1. The standard InChI is InChI=1S/C16H25N/c1-14-7-9-15(10-8-14)11-12-17-13-16-5-3-2-4-6-16/h7-10,16-17H,2-6,11-13H2,1H3. The van der Waals surface area contributed by atoms with Gasteiger partial charge >= 0.3 is 0 Å². The molecular formula is C16H25N. The monoisotopic (exact) mass is 231 g/mol. The minimum Gasteiger partial charge on any atom is -0.316 e. The van der Waals surface area contributed by atoms with Crippen molar-refractivity contribution in [2.45, 2.75) is 45.4 Å². The molecule has 1 heteroatoms. The highest BCUT2D eigenvalue weighted by Crippen LogP contribution is 2.22. The van der Waals surface area contributed by atoms with Crippen LogP contribution in [0.2, 0.25) is 0 Å². The summed E-state index contributed by atoms with van der Waals surface area (Å²) in [6, 6.07) is 8.90. The molecule has 0 saturated heterocycles. The number of nitrogens with one attached hydrogen (secondary N) is 1. The van der Waals surface area contributed by atoms with Crippen molar-refractivity contribution < 1.29 is 0 Å². The van der Waals surface area contributed by atoms with E-state index in [0.29, 0.717) is 0 Å². The highest BCUT2D eigenvalue weighted by Gasteiger charge is 2.12. The molecule has 0 amide bonds. The maximum absolute atomic E-state index is 3.62. The number of hydrogen-bond acceptors (Lipinski definition) is 1. The van der Waals surface area contributed by atoms with Crippen molar-refractivity contribution in [1.82, 2.24) is 5.32 Å². The zero-order valence-corrected chi connectivity index (χ0v) is 11.0. The van der Waals surface area contributed by atoms with Crippen LogP contribution < -0.4 is 5.32 Å².